The lowest BCUT2D eigenvalue weighted by molar-refractivity contribution is -0.140. The van der Waals surface area contributed by atoms with Gasteiger partial charge in [0.05, 0.1) is 24.4 Å². The predicted octanol–water partition coefficient (Wildman–Crippen LogP) is 3.36. The molecule has 5 nitrogen and oxygen atoms in total. The minimum atomic E-state index is -4.55. The number of methoxy groups -OCH3 is 1. The van der Waals surface area contributed by atoms with Crippen molar-refractivity contribution in [2.45, 2.75) is 19.1 Å². The normalized spacial score (nSPS) is 17.3. The van der Waals surface area contributed by atoms with E-state index < -0.39 is 23.8 Å². The van der Waals surface area contributed by atoms with Gasteiger partial charge in [-0.2, -0.15) is 18.3 Å². The van der Waals surface area contributed by atoms with Gasteiger partial charge in [-0.3, -0.25) is 0 Å². The Morgan fingerprint density at radius 3 is 2.67 bits per heavy atom. The largest absolute Gasteiger partial charge is 0.466 e. The van der Waals surface area contributed by atoms with E-state index in [9.17, 15) is 18.0 Å². The Morgan fingerprint density at radius 1 is 1.29 bits per heavy atom. The number of carbonyl (C=O) groups is 1. The van der Waals surface area contributed by atoms with Crippen molar-refractivity contribution < 1.29 is 22.7 Å². The lowest BCUT2D eigenvalue weighted by Gasteiger charge is -2.30. The van der Waals surface area contributed by atoms with Crippen LogP contribution in [0.3, 0.4) is 0 Å². The SMILES string of the molecule is COC(=O)C1=C(C)Nc2ccnn2C1c1ccccc1C(F)(F)F. The number of halogens is 3. The van der Waals surface area contributed by atoms with Crippen molar-refractivity contribution in [1.82, 2.24) is 9.78 Å². The third-order valence-corrected chi connectivity index (χ3v) is 3.87. The van der Waals surface area contributed by atoms with E-state index in [1.165, 1.54) is 36.2 Å². The summed E-state index contributed by atoms with van der Waals surface area (Å²) in [7, 11) is 1.19. The molecule has 0 bridgehead atoms. The van der Waals surface area contributed by atoms with E-state index in [0.717, 1.165) is 6.07 Å². The van der Waals surface area contributed by atoms with Crippen molar-refractivity contribution in [3.05, 3.63) is 58.9 Å². The lowest BCUT2D eigenvalue weighted by Crippen LogP contribution is -2.30. The van der Waals surface area contributed by atoms with Gasteiger partial charge in [0.25, 0.3) is 0 Å². The minimum Gasteiger partial charge on any atom is -0.466 e. The van der Waals surface area contributed by atoms with Crippen LogP contribution in [0, 0.1) is 0 Å². The van der Waals surface area contributed by atoms with E-state index in [1.807, 2.05) is 0 Å². The zero-order valence-electron chi connectivity index (χ0n) is 12.9. The molecule has 2 heterocycles. The van der Waals surface area contributed by atoms with E-state index in [1.54, 1.807) is 13.0 Å². The van der Waals surface area contributed by atoms with Crippen molar-refractivity contribution in [1.29, 1.82) is 0 Å². The molecule has 0 amide bonds. The van der Waals surface area contributed by atoms with Gasteiger partial charge in [0.15, 0.2) is 0 Å². The smallest absolute Gasteiger partial charge is 0.416 e. The molecule has 3 rings (SSSR count). The summed E-state index contributed by atoms with van der Waals surface area (Å²) < 4.78 is 46.4. The Kier molecular flexibility index (Phi) is 3.82. The second-order valence-electron chi connectivity index (χ2n) is 5.30. The number of esters is 1. The molecule has 1 aliphatic heterocycles. The van der Waals surface area contributed by atoms with Crippen molar-refractivity contribution in [2.24, 2.45) is 0 Å². The summed E-state index contributed by atoms with van der Waals surface area (Å²) in [6, 6.07) is 5.75. The molecule has 1 unspecified atom stereocenters. The fourth-order valence-corrected chi connectivity index (χ4v) is 2.86. The fraction of sp³-hybridized carbons (Fsp3) is 0.250. The van der Waals surface area contributed by atoms with Gasteiger partial charge in [-0.25, -0.2) is 9.48 Å². The molecule has 0 spiro atoms. The highest BCUT2D eigenvalue weighted by Gasteiger charge is 2.40. The maximum Gasteiger partial charge on any atom is 0.416 e. The third-order valence-electron chi connectivity index (χ3n) is 3.87. The molecule has 1 N–H and O–H groups in total. The van der Waals surface area contributed by atoms with Gasteiger partial charge >= 0.3 is 12.1 Å². The average Bonchev–Trinajstić information content (AvgIpc) is 2.99. The first-order valence-electron chi connectivity index (χ1n) is 7.10. The first kappa shape index (κ1) is 16.1. The first-order chi connectivity index (χ1) is 11.3. The lowest BCUT2D eigenvalue weighted by atomic mass is 9.91. The standard InChI is InChI=1S/C16H14F3N3O2/c1-9-13(15(23)24-2)14(22-12(21-9)7-8-20-22)10-5-3-4-6-11(10)16(17,18)19/h3-8,14,21H,1-2H3. The monoisotopic (exact) mass is 337 g/mol. The first-order valence-corrected chi connectivity index (χ1v) is 7.10. The van der Waals surface area contributed by atoms with Crippen LogP contribution in [0.5, 0.6) is 0 Å². The number of benzene rings is 1. The summed E-state index contributed by atoms with van der Waals surface area (Å²) in [4.78, 5) is 12.2. The molecule has 0 fully saturated rings. The van der Waals surface area contributed by atoms with Crippen molar-refractivity contribution in [3.63, 3.8) is 0 Å². The molecule has 126 valence electrons. The molecular formula is C16H14F3N3O2. The fourth-order valence-electron chi connectivity index (χ4n) is 2.86. The minimum absolute atomic E-state index is 0.0591. The van der Waals surface area contributed by atoms with Crippen LogP contribution in [0.15, 0.2) is 47.8 Å². The van der Waals surface area contributed by atoms with E-state index in [-0.39, 0.29) is 11.1 Å². The van der Waals surface area contributed by atoms with Gasteiger partial charge in [-0.05, 0) is 18.6 Å². The van der Waals surface area contributed by atoms with Gasteiger partial charge in [0.1, 0.15) is 11.9 Å². The second-order valence-corrected chi connectivity index (χ2v) is 5.30. The number of alkyl halides is 3. The summed E-state index contributed by atoms with van der Waals surface area (Å²) in [5.41, 5.74) is -0.356. The number of hydrogen-bond acceptors (Lipinski definition) is 4. The van der Waals surface area contributed by atoms with Gasteiger partial charge in [0, 0.05) is 11.8 Å². The third kappa shape index (κ3) is 2.53. The number of rotatable bonds is 2. The molecule has 0 saturated carbocycles. The van der Waals surface area contributed by atoms with Crippen molar-refractivity contribution in [2.75, 3.05) is 12.4 Å². The zero-order chi connectivity index (χ0) is 17.5. The van der Waals surface area contributed by atoms with Crippen LogP contribution in [0.4, 0.5) is 19.0 Å². The number of ether oxygens (including phenoxy) is 1. The highest BCUT2D eigenvalue weighted by molar-refractivity contribution is 5.92. The average molecular weight is 337 g/mol. The highest BCUT2D eigenvalue weighted by atomic mass is 19.4. The number of hydrogen-bond donors (Lipinski definition) is 1. The molecule has 1 aromatic carbocycles. The Morgan fingerprint density at radius 2 is 2.00 bits per heavy atom. The molecule has 0 aliphatic carbocycles. The molecule has 8 heteroatoms. The summed E-state index contributed by atoms with van der Waals surface area (Å²) in [5, 5.41) is 7.05. The van der Waals surface area contributed by atoms with Gasteiger partial charge in [0.2, 0.25) is 0 Å². The number of nitrogens with one attached hydrogen (secondary N) is 1. The molecule has 2 aromatic rings. The van der Waals surface area contributed by atoms with E-state index in [2.05, 4.69) is 10.4 Å². The topological polar surface area (TPSA) is 56.1 Å². The summed E-state index contributed by atoms with van der Waals surface area (Å²) >= 11 is 0. The van der Waals surface area contributed by atoms with Gasteiger partial charge < -0.3 is 10.1 Å². The highest BCUT2D eigenvalue weighted by Crippen LogP contribution is 2.41. The van der Waals surface area contributed by atoms with Crippen LogP contribution in [-0.2, 0) is 15.7 Å². The number of fused-ring (bicyclic) bond motifs is 1. The Hall–Kier alpha value is -2.77. The van der Waals surface area contributed by atoms with Crippen molar-refractivity contribution >= 4 is 11.8 Å². The van der Waals surface area contributed by atoms with Crippen LogP contribution in [0.1, 0.15) is 24.1 Å². The summed E-state index contributed by atoms with van der Waals surface area (Å²) in [5.74, 6) is -0.203. The van der Waals surface area contributed by atoms with Crippen LogP contribution < -0.4 is 5.32 Å². The number of aromatic nitrogens is 2. The number of nitrogens with zero attached hydrogens (tertiary/aromatic N) is 2. The maximum atomic E-state index is 13.4. The molecular weight excluding hydrogens is 323 g/mol. The Bertz CT molecular complexity index is 824. The maximum absolute atomic E-state index is 13.4. The van der Waals surface area contributed by atoms with E-state index in [0.29, 0.717) is 11.5 Å². The molecule has 0 saturated heterocycles. The van der Waals surface area contributed by atoms with Crippen LogP contribution >= 0.6 is 0 Å². The molecule has 1 atom stereocenters. The van der Waals surface area contributed by atoms with Crippen LogP contribution in [0.25, 0.3) is 0 Å². The summed E-state index contributed by atoms with van der Waals surface area (Å²) in [6.45, 7) is 1.62. The van der Waals surface area contributed by atoms with E-state index in [4.69, 9.17) is 4.74 Å². The van der Waals surface area contributed by atoms with Crippen molar-refractivity contribution in [3.8, 4) is 0 Å². The molecule has 24 heavy (non-hydrogen) atoms. The number of anilines is 1. The molecule has 1 aromatic heterocycles. The predicted molar refractivity (Wildman–Crippen MR) is 80.1 cm³/mol. The Labute approximate surface area is 135 Å². The Balaban J connectivity index is 2.27. The second kappa shape index (κ2) is 5.70. The quantitative estimate of drug-likeness (QED) is 0.854. The van der Waals surface area contributed by atoms with Crippen LogP contribution in [0.2, 0.25) is 0 Å². The van der Waals surface area contributed by atoms with Crippen LogP contribution in [-0.4, -0.2) is 22.9 Å². The van der Waals surface area contributed by atoms with E-state index >= 15 is 0 Å². The van der Waals surface area contributed by atoms with Gasteiger partial charge in [-0.15, -0.1) is 0 Å². The molecule has 1 aliphatic rings. The summed E-state index contributed by atoms with van der Waals surface area (Å²) in [6.07, 6.45) is -3.09. The van der Waals surface area contributed by atoms with Gasteiger partial charge in [-0.1, -0.05) is 18.2 Å². The molecule has 0 radical (unpaired) electrons. The zero-order valence-corrected chi connectivity index (χ0v) is 12.9. The number of allylic oxidation sites excluding steroid dienone is 1. The number of carbonyl (C=O) groups excluding carboxylic acids is 1.